The molecule has 542 valence electrons. The summed E-state index contributed by atoms with van der Waals surface area (Å²) in [6.45, 7) is 52.0. The minimum absolute atomic E-state index is 0.263. The van der Waals surface area contributed by atoms with E-state index in [1.54, 1.807) is 41.5 Å². The van der Waals surface area contributed by atoms with Crippen LogP contribution in [0.4, 0.5) is 0 Å². The van der Waals surface area contributed by atoms with Crippen molar-refractivity contribution in [3.05, 3.63) is 156 Å². The quantitative estimate of drug-likeness (QED) is 0.0170. The zero-order valence-corrected chi connectivity index (χ0v) is 63.3. The number of hydrogen-bond donors (Lipinski definition) is 0. The second-order valence-electron chi connectivity index (χ2n) is 26.6. The molecule has 0 amide bonds. The number of carbonyl (C=O) groups is 6. The summed E-state index contributed by atoms with van der Waals surface area (Å²) >= 11 is 0. The molecule has 0 N–H and O–H groups in total. The molecule has 0 bridgehead atoms. The highest BCUT2D eigenvalue weighted by molar-refractivity contribution is 7.49. The molecule has 0 radical (unpaired) electrons. The van der Waals surface area contributed by atoms with Gasteiger partial charge in [0.2, 0.25) is 0 Å². The Morgan fingerprint density at radius 2 is 0.388 bits per heavy atom. The van der Waals surface area contributed by atoms with E-state index in [2.05, 4.69) is 60.2 Å². The standard InChI is InChI=1S/C81H117O16P/c1-52(2)76(82)89-46-34-22-28-40-67-58(13)68(41-29-23-35-47-90-77(83)53(3)4)62(17)73(61(67)16)95-98(88,96-74-63(18)69(42-30-24-36-48-91-78(84)54(5)6)59(14)70(64(74)19)43-31-25-37-49-92-79(85)55(7)8)97-75-65(20)71(44-32-26-38-50-93-80(86)56(9)10)60(15)72(66(75)21)45-33-27-39-51-94-81(87)57(11)12/h1,3,5,7,9,11,22-51H2,2,4,6,8,10,12-21H3. The fourth-order valence-electron chi connectivity index (χ4n) is 12.2. The van der Waals surface area contributed by atoms with Gasteiger partial charge in [-0.2, -0.15) is 4.57 Å². The molecule has 0 atom stereocenters. The van der Waals surface area contributed by atoms with Crippen LogP contribution in [0.5, 0.6) is 17.2 Å². The van der Waals surface area contributed by atoms with Crippen molar-refractivity contribution in [2.45, 2.75) is 258 Å². The van der Waals surface area contributed by atoms with Gasteiger partial charge in [-0.05, 0) is 341 Å². The monoisotopic (exact) mass is 1380 g/mol. The van der Waals surface area contributed by atoms with E-state index in [0.717, 1.165) is 161 Å². The number of phosphoric acid groups is 1. The summed E-state index contributed by atoms with van der Waals surface area (Å²) < 4.78 is 71.7. The van der Waals surface area contributed by atoms with Crippen LogP contribution in [0, 0.1) is 62.3 Å². The molecule has 0 saturated carbocycles. The lowest BCUT2D eigenvalue weighted by molar-refractivity contribution is -0.139. The molecule has 17 heteroatoms. The molecule has 0 aromatic heterocycles. The van der Waals surface area contributed by atoms with Gasteiger partial charge in [-0.15, -0.1) is 0 Å². The van der Waals surface area contributed by atoms with Crippen molar-refractivity contribution in [2.75, 3.05) is 39.6 Å². The topological polar surface area (TPSA) is 203 Å². The number of rotatable bonds is 48. The average Bonchev–Trinajstić information content (AvgIpc) is 0.764. The first-order valence-corrected chi connectivity index (χ1v) is 36.7. The predicted molar refractivity (Wildman–Crippen MR) is 391 cm³/mol. The minimum Gasteiger partial charge on any atom is -0.462 e. The Balaban J connectivity index is 2.44. The molecule has 3 rings (SSSR count). The van der Waals surface area contributed by atoms with Crippen LogP contribution >= 0.6 is 7.82 Å². The maximum Gasteiger partial charge on any atom is 0.647 e. The van der Waals surface area contributed by atoms with Gasteiger partial charge < -0.3 is 42.0 Å². The van der Waals surface area contributed by atoms with E-state index >= 15 is 4.57 Å². The molecule has 0 spiro atoms. The Bertz CT molecular complexity index is 2870. The van der Waals surface area contributed by atoms with Crippen LogP contribution < -0.4 is 13.6 Å². The molecule has 0 fully saturated rings. The van der Waals surface area contributed by atoms with E-state index in [1.165, 1.54) is 0 Å². The van der Waals surface area contributed by atoms with Crippen LogP contribution in [0.3, 0.4) is 0 Å². The smallest absolute Gasteiger partial charge is 0.462 e. The second-order valence-corrected chi connectivity index (χ2v) is 28.0. The van der Waals surface area contributed by atoms with E-state index < -0.39 is 43.6 Å². The lowest BCUT2D eigenvalue weighted by Gasteiger charge is -2.29. The fourth-order valence-corrected chi connectivity index (χ4v) is 13.8. The van der Waals surface area contributed by atoms with Crippen molar-refractivity contribution in [3.63, 3.8) is 0 Å². The van der Waals surface area contributed by atoms with Crippen LogP contribution in [0.1, 0.15) is 241 Å². The van der Waals surface area contributed by atoms with E-state index in [4.69, 9.17) is 42.0 Å². The Labute approximate surface area is 587 Å². The molecule has 0 aliphatic carbocycles. The third-order valence-corrected chi connectivity index (χ3v) is 19.2. The fraction of sp³-hybridized carbons (Fsp3) is 0.556. The zero-order chi connectivity index (χ0) is 73.4. The molecule has 16 nitrogen and oxygen atoms in total. The number of hydrogen-bond acceptors (Lipinski definition) is 16. The first kappa shape index (κ1) is 84.8. The summed E-state index contributed by atoms with van der Waals surface area (Å²) in [6, 6.07) is 0. The van der Waals surface area contributed by atoms with Gasteiger partial charge in [0.15, 0.2) is 0 Å². The van der Waals surface area contributed by atoms with Gasteiger partial charge in [-0.25, -0.2) is 28.8 Å². The largest absolute Gasteiger partial charge is 0.647 e. The number of phosphoric ester groups is 1. The SMILES string of the molecule is C=C(C)C(=O)OCCCCCc1c(C)c(CCCCCOC(=O)C(=C)C)c(C)c(OP(=O)(Oc2c(C)c(CCCCCOC(=O)C(=C)C)c(C)c(CCCCCOC(=O)C(=C)C)c2C)Oc2c(C)c(CCCCCOC(=O)C(=C)C)c(C)c(CCCCCOC(=O)C(=C)C)c2C)c1C. The van der Waals surface area contributed by atoms with Crippen LogP contribution in [-0.4, -0.2) is 75.5 Å². The van der Waals surface area contributed by atoms with Crippen molar-refractivity contribution < 1.29 is 75.3 Å². The molecular weight excluding hydrogens is 1260 g/mol. The lowest BCUT2D eigenvalue weighted by atomic mass is 9.87. The summed E-state index contributed by atoms with van der Waals surface area (Å²) in [5, 5.41) is 0. The normalized spacial score (nSPS) is 11.1. The molecular formula is C81H117O16P. The van der Waals surface area contributed by atoms with Crippen molar-refractivity contribution in [2.24, 2.45) is 0 Å². The van der Waals surface area contributed by atoms with Gasteiger partial charge >= 0.3 is 43.6 Å². The van der Waals surface area contributed by atoms with Gasteiger partial charge in [0, 0.05) is 33.4 Å². The Kier molecular flexibility index (Phi) is 37.3. The summed E-state index contributed by atoms with van der Waals surface area (Å²) in [4.78, 5) is 73.6. The molecule has 0 unspecified atom stereocenters. The maximum atomic E-state index is 17.2. The van der Waals surface area contributed by atoms with Gasteiger partial charge in [0.25, 0.3) is 0 Å². The summed E-state index contributed by atoms with van der Waals surface area (Å²) in [6.07, 6.45) is 16.9. The lowest BCUT2D eigenvalue weighted by Crippen LogP contribution is -2.16. The van der Waals surface area contributed by atoms with Crippen LogP contribution in [-0.2, 0) is 100 Å². The first-order valence-electron chi connectivity index (χ1n) is 35.3. The van der Waals surface area contributed by atoms with E-state index in [0.29, 0.717) is 128 Å². The highest BCUT2D eigenvalue weighted by atomic mass is 31.2. The first-order chi connectivity index (χ1) is 46.3. The van der Waals surface area contributed by atoms with Gasteiger partial charge in [-0.3, -0.25) is 0 Å². The Morgan fingerprint density at radius 3 is 0.520 bits per heavy atom. The third kappa shape index (κ3) is 27.3. The van der Waals surface area contributed by atoms with Crippen molar-refractivity contribution in [1.82, 2.24) is 0 Å². The number of esters is 6. The van der Waals surface area contributed by atoms with E-state index in [1.807, 2.05) is 41.5 Å². The van der Waals surface area contributed by atoms with Crippen molar-refractivity contribution >= 4 is 43.6 Å². The summed E-state index contributed by atoms with van der Waals surface area (Å²) in [5.41, 5.74) is 16.3. The van der Waals surface area contributed by atoms with Crippen LogP contribution in [0.2, 0.25) is 0 Å². The average molecular weight is 1380 g/mol. The Hall–Kier alpha value is -7.45. The zero-order valence-electron chi connectivity index (χ0n) is 62.4. The third-order valence-electron chi connectivity index (χ3n) is 18.0. The number of ether oxygens (including phenoxy) is 6. The summed E-state index contributed by atoms with van der Waals surface area (Å²) in [5.74, 6) is -1.36. The highest BCUT2D eigenvalue weighted by Gasteiger charge is 2.39. The van der Waals surface area contributed by atoms with Crippen molar-refractivity contribution in [1.29, 1.82) is 0 Å². The highest BCUT2D eigenvalue weighted by Crippen LogP contribution is 2.56. The van der Waals surface area contributed by atoms with Crippen molar-refractivity contribution in [3.8, 4) is 17.2 Å². The van der Waals surface area contributed by atoms with Gasteiger partial charge in [0.05, 0.1) is 39.6 Å². The maximum absolute atomic E-state index is 17.2. The predicted octanol–water partition coefficient (Wildman–Crippen LogP) is 19.1. The number of carbonyl (C=O) groups excluding carboxylic acids is 6. The van der Waals surface area contributed by atoms with E-state index in [9.17, 15) is 28.8 Å². The molecule has 0 aliphatic rings. The number of unbranched alkanes of at least 4 members (excludes halogenated alkanes) is 12. The molecule has 0 heterocycles. The van der Waals surface area contributed by atoms with Crippen LogP contribution in [0.15, 0.2) is 72.9 Å². The van der Waals surface area contributed by atoms with E-state index in [-0.39, 0.29) is 39.6 Å². The molecule has 3 aromatic rings. The van der Waals surface area contributed by atoms with Gasteiger partial charge in [-0.1, -0.05) is 39.5 Å². The Morgan fingerprint density at radius 1 is 0.245 bits per heavy atom. The molecule has 3 aromatic carbocycles. The minimum atomic E-state index is -4.89. The van der Waals surface area contributed by atoms with Crippen LogP contribution in [0.25, 0.3) is 0 Å². The second kappa shape index (κ2) is 43.2. The summed E-state index contributed by atoms with van der Waals surface area (Å²) in [7, 11) is -4.89. The number of benzene rings is 3. The molecule has 0 saturated heterocycles. The molecule has 98 heavy (non-hydrogen) atoms. The molecule has 0 aliphatic heterocycles. The van der Waals surface area contributed by atoms with Gasteiger partial charge in [0.1, 0.15) is 17.2 Å².